The number of rotatable bonds is 3. The van der Waals surface area contributed by atoms with Crippen LogP contribution < -0.4 is 5.73 Å². The second-order valence-electron chi connectivity index (χ2n) is 4.48. The summed E-state index contributed by atoms with van der Waals surface area (Å²) in [5, 5.41) is 0. The van der Waals surface area contributed by atoms with Gasteiger partial charge in [0, 0.05) is 5.41 Å². The van der Waals surface area contributed by atoms with Crippen LogP contribution in [-0.2, 0) is 4.74 Å². The van der Waals surface area contributed by atoms with Crippen molar-refractivity contribution < 1.29 is 4.74 Å². The Hall–Kier alpha value is -0.120. The molecule has 0 atom stereocenters. The zero-order valence-corrected chi connectivity index (χ0v) is 8.30. The van der Waals surface area contributed by atoms with Gasteiger partial charge in [0.1, 0.15) is 0 Å². The van der Waals surface area contributed by atoms with Crippen molar-refractivity contribution in [2.45, 2.75) is 19.3 Å². The van der Waals surface area contributed by atoms with Crippen molar-refractivity contribution >= 4 is 0 Å². The third-order valence-electron chi connectivity index (χ3n) is 3.41. The molecular weight excluding hydrogens is 164 g/mol. The van der Waals surface area contributed by atoms with Crippen LogP contribution in [0.4, 0.5) is 0 Å². The maximum absolute atomic E-state index is 5.49. The quantitative estimate of drug-likeness (QED) is 0.692. The molecule has 2 aliphatic heterocycles. The number of hydrogen-bond acceptors (Lipinski definition) is 3. The van der Waals surface area contributed by atoms with Gasteiger partial charge in [-0.15, -0.1) is 0 Å². The predicted molar refractivity (Wildman–Crippen MR) is 52.6 cm³/mol. The summed E-state index contributed by atoms with van der Waals surface area (Å²) in [5.41, 5.74) is 6.07. The predicted octanol–water partition coefficient (Wildman–Crippen LogP) is 0.448. The second-order valence-corrected chi connectivity index (χ2v) is 4.48. The van der Waals surface area contributed by atoms with Gasteiger partial charge >= 0.3 is 0 Å². The Balaban J connectivity index is 1.70. The maximum atomic E-state index is 5.49. The summed E-state index contributed by atoms with van der Waals surface area (Å²) in [6, 6.07) is 0. The zero-order chi connectivity index (χ0) is 9.15. The molecule has 0 aromatic heterocycles. The van der Waals surface area contributed by atoms with Crippen LogP contribution in [0, 0.1) is 5.41 Å². The van der Waals surface area contributed by atoms with E-state index in [-0.39, 0.29) is 0 Å². The molecule has 0 radical (unpaired) electrons. The largest absolute Gasteiger partial charge is 0.380 e. The van der Waals surface area contributed by atoms with Crippen LogP contribution in [0.15, 0.2) is 0 Å². The molecule has 1 spiro atoms. The first kappa shape index (κ1) is 9.44. The van der Waals surface area contributed by atoms with Crippen molar-refractivity contribution in [2.24, 2.45) is 11.1 Å². The van der Waals surface area contributed by atoms with Gasteiger partial charge in [-0.25, -0.2) is 0 Å². The number of nitrogens with two attached hydrogens (primary N) is 1. The van der Waals surface area contributed by atoms with Gasteiger partial charge in [-0.1, -0.05) is 0 Å². The minimum atomic E-state index is 0.583. The van der Waals surface area contributed by atoms with Gasteiger partial charge < -0.3 is 15.4 Å². The molecule has 2 saturated heterocycles. The Morgan fingerprint density at radius 1 is 1.23 bits per heavy atom. The van der Waals surface area contributed by atoms with E-state index in [2.05, 4.69) is 4.90 Å². The molecule has 0 aliphatic carbocycles. The minimum absolute atomic E-state index is 0.583. The highest BCUT2D eigenvalue weighted by Crippen LogP contribution is 2.38. The van der Waals surface area contributed by atoms with E-state index < -0.39 is 0 Å². The minimum Gasteiger partial charge on any atom is -0.380 e. The van der Waals surface area contributed by atoms with E-state index in [1.165, 1.54) is 32.5 Å². The summed E-state index contributed by atoms with van der Waals surface area (Å²) >= 11 is 0. The number of ether oxygens (including phenoxy) is 1. The maximum Gasteiger partial charge on any atom is 0.0545 e. The first-order chi connectivity index (χ1) is 6.35. The van der Waals surface area contributed by atoms with Gasteiger partial charge in [0.2, 0.25) is 0 Å². The van der Waals surface area contributed by atoms with E-state index in [9.17, 15) is 0 Å². The van der Waals surface area contributed by atoms with Crippen LogP contribution >= 0.6 is 0 Å². The highest BCUT2D eigenvalue weighted by Gasteiger charge is 2.40. The normalized spacial score (nSPS) is 27.5. The Bertz CT molecular complexity index is 158. The molecule has 2 aliphatic rings. The van der Waals surface area contributed by atoms with Gasteiger partial charge in [0.25, 0.3) is 0 Å². The van der Waals surface area contributed by atoms with Crippen molar-refractivity contribution in [3.63, 3.8) is 0 Å². The van der Waals surface area contributed by atoms with Crippen molar-refractivity contribution in [1.82, 2.24) is 4.90 Å². The average molecular weight is 184 g/mol. The zero-order valence-electron chi connectivity index (χ0n) is 8.30. The molecule has 2 N–H and O–H groups in total. The molecule has 0 bridgehead atoms. The average Bonchev–Trinajstić information content (AvgIpc) is 2.13. The Kier molecular flexibility index (Phi) is 2.86. The van der Waals surface area contributed by atoms with E-state index in [1.807, 2.05) is 0 Å². The van der Waals surface area contributed by atoms with E-state index in [1.54, 1.807) is 0 Å². The molecule has 2 heterocycles. The smallest absolute Gasteiger partial charge is 0.0545 e. The third-order valence-corrected chi connectivity index (χ3v) is 3.41. The Morgan fingerprint density at radius 3 is 2.38 bits per heavy atom. The highest BCUT2D eigenvalue weighted by atomic mass is 16.5. The van der Waals surface area contributed by atoms with E-state index in [0.29, 0.717) is 5.41 Å². The van der Waals surface area contributed by atoms with E-state index >= 15 is 0 Å². The lowest BCUT2D eigenvalue weighted by atomic mass is 9.77. The molecule has 0 aromatic carbocycles. The fraction of sp³-hybridized carbons (Fsp3) is 1.00. The monoisotopic (exact) mass is 184 g/mol. The molecule has 0 aromatic rings. The highest BCUT2D eigenvalue weighted by molar-refractivity contribution is 4.90. The van der Waals surface area contributed by atoms with Gasteiger partial charge in [-0.2, -0.15) is 0 Å². The van der Waals surface area contributed by atoms with Crippen LogP contribution in [0.2, 0.25) is 0 Å². The summed E-state index contributed by atoms with van der Waals surface area (Å²) in [6.45, 7) is 6.54. The lowest BCUT2D eigenvalue weighted by Crippen LogP contribution is -2.51. The summed E-state index contributed by atoms with van der Waals surface area (Å²) in [4.78, 5) is 2.54. The van der Waals surface area contributed by atoms with Crippen LogP contribution in [-0.4, -0.2) is 44.3 Å². The second kappa shape index (κ2) is 3.95. The molecular formula is C10H20N2O. The fourth-order valence-electron chi connectivity index (χ4n) is 2.25. The number of likely N-dealkylation sites (tertiary alicyclic amines) is 1. The van der Waals surface area contributed by atoms with Crippen molar-refractivity contribution in [3.05, 3.63) is 0 Å². The molecule has 0 unspecified atom stereocenters. The number of nitrogens with zero attached hydrogens (tertiary/aromatic N) is 1. The summed E-state index contributed by atoms with van der Waals surface area (Å²) in [6.07, 6.45) is 3.80. The number of piperidine rings is 1. The first-order valence-electron chi connectivity index (χ1n) is 5.35. The van der Waals surface area contributed by atoms with Crippen LogP contribution in [0.5, 0.6) is 0 Å². The van der Waals surface area contributed by atoms with Gasteiger partial charge in [-0.05, 0) is 45.4 Å². The topological polar surface area (TPSA) is 38.5 Å². The van der Waals surface area contributed by atoms with Crippen LogP contribution in [0.25, 0.3) is 0 Å². The Morgan fingerprint density at radius 2 is 1.92 bits per heavy atom. The van der Waals surface area contributed by atoms with E-state index in [0.717, 1.165) is 26.2 Å². The standard InChI is InChI=1S/C10H20N2O/c11-4-1-5-12-6-2-10(3-7-12)8-13-9-10/h1-9,11H2. The summed E-state index contributed by atoms with van der Waals surface area (Å²) < 4.78 is 5.29. The number of hydrogen-bond donors (Lipinski definition) is 1. The molecule has 0 amide bonds. The molecule has 2 rings (SSSR count). The molecule has 2 fully saturated rings. The molecule has 3 nitrogen and oxygen atoms in total. The van der Waals surface area contributed by atoms with Gasteiger partial charge in [-0.3, -0.25) is 0 Å². The lowest BCUT2D eigenvalue weighted by molar-refractivity contribution is -0.139. The van der Waals surface area contributed by atoms with Crippen LogP contribution in [0.3, 0.4) is 0 Å². The molecule has 3 heteroatoms. The third kappa shape index (κ3) is 2.03. The van der Waals surface area contributed by atoms with Crippen molar-refractivity contribution in [2.75, 3.05) is 39.4 Å². The van der Waals surface area contributed by atoms with Crippen molar-refractivity contribution in [1.29, 1.82) is 0 Å². The molecule has 76 valence electrons. The van der Waals surface area contributed by atoms with Gasteiger partial charge in [0.05, 0.1) is 13.2 Å². The van der Waals surface area contributed by atoms with Crippen LogP contribution in [0.1, 0.15) is 19.3 Å². The SMILES string of the molecule is NCCCN1CCC2(CC1)COC2. The molecule has 13 heavy (non-hydrogen) atoms. The Labute approximate surface area is 80.2 Å². The fourth-order valence-corrected chi connectivity index (χ4v) is 2.25. The molecule has 0 saturated carbocycles. The summed E-state index contributed by atoms with van der Waals surface area (Å²) in [5.74, 6) is 0. The van der Waals surface area contributed by atoms with Gasteiger partial charge in [0.15, 0.2) is 0 Å². The lowest BCUT2D eigenvalue weighted by Gasteiger charge is -2.47. The van der Waals surface area contributed by atoms with Crippen molar-refractivity contribution in [3.8, 4) is 0 Å². The summed E-state index contributed by atoms with van der Waals surface area (Å²) in [7, 11) is 0. The van der Waals surface area contributed by atoms with E-state index in [4.69, 9.17) is 10.5 Å². The first-order valence-corrected chi connectivity index (χ1v) is 5.35.